The van der Waals surface area contributed by atoms with Crippen LogP contribution in [0.1, 0.15) is 48.0 Å². The minimum absolute atomic E-state index is 0.00251. The molecule has 1 aliphatic carbocycles. The number of carbonyl (C=O) groups excluding carboxylic acids is 1. The van der Waals surface area contributed by atoms with Gasteiger partial charge >= 0.3 is 12.0 Å². The third kappa shape index (κ3) is 5.40. The van der Waals surface area contributed by atoms with E-state index in [9.17, 15) is 14.7 Å². The zero-order chi connectivity index (χ0) is 27.5. The third-order valence-electron chi connectivity index (χ3n) is 7.22. The van der Waals surface area contributed by atoms with Gasteiger partial charge in [0.2, 0.25) is 0 Å². The van der Waals surface area contributed by atoms with Crippen LogP contribution in [0.3, 0.4) is 0 Å². The summed E-state index contributed by atoms with van der Waals surface area (Å²) in [6, 6.07) is 22.6. The summed E-state index contributed by atoms with van der Waals surface area (Å²) in [6.07, 6.45) is 4.92. The lowest BCUT2D eigenvalue weighted by atomic mass is 9.93. The van der Waals surface area contributed by atoms with Crippen molar-refractivity contribution in [3.05, 3.63) is 90.0 Å². The molecule has 8 heteroatoms. The fourth-order valence-corrected chi connectivity index (χ4v) is 5.31. The average molecular weight is 523 g/mol. The first-order chi connectivity index (χ1) is 18.8. The van der Waals surface area contributed by atoms with Crippen molar-refractivity contribution in [1.82, 2.24) is 0 Å². The quantitative estimate of drug-likeness (QED) is 0.162. The van der Waals surface area contributed by atoms with Gasteiger partial charge in [-0.1, -0.05) is 55.7 Å². The van der Waals surface area contributed by atoms with E-state index in [-0.39, 0.29) is 17.4 Å². The number of rotatable bonds is 7. The molecule has 0 heterocycles. The van der Waals surface area contributed by atoms with Gasteiger partial charge in [0.1, 0.15) is 17.3 Å². The molecule has 6 N–H and O–H groups in total. The Morgan fingerprint density at radius 1 is 0.846 bits per heavy atom. The fourth-order valence-electron chi connectivity index (χ4n) is 5.31. The van der Waals surface area contributed by atoms with Gasteiger partial charge in [0.25, 0.3) is 0 Å². The topological polar surface area (TPSA) is 143 Å². The first-order valence-electron chi connectivity index (χ1n) is 12.9. The number of anilines is 1. The van der Waals surface area contributed by atoms with Crippen LogP contribution in [0.2, 0.25) is 0 Å². The smallest absolute Gasteiger partial charge is 0.336 e. The van der Waals surface area contributed by atoms with Gasteiger partial charge in [-0.3, -0.25) is 10.3 Å². The van der Waals surface area contributed by atoms with Crippen LogP contribution in [-0.4, -0.2) is 29.0 Å². The van der Waals surface area contributed by atoms with Crippen molar-refractivity contribution in [1.29, 1.82) is 5.41 Å². The number of benzene rings is 4. The minimum atomic E-state index is -1.06. The summed E-state index contributed by atoms with van der Waals surface area (Å²) in [5.41, 5.74) is 13.9. The van der Waals surface area contributed by atoms with Crippen LogP contribution in [-0.2, 0) is 0 Å². The van der Waals surface area contributed by atoms with Crippen molar-refractivity contribution in [2.45, 2.75) is 38.1 Å². The number of amides is 2. The van der Waals surface area contributed by atoms with E-state index in [0.29, 0.717) is 33.9 Å². The number of urea groups is 1. The van der Waals surface area contributed by atoms with E-state index in [1.165, 1.54) is 0 Å². The Kier molecular flexibility index (Phi) is 7.19. The normalized spacial score (nSPS) is 13.6. The molecule has 1 aliphatic rings. The highest BCUT2D eigenvalue weighted by molar-refractivity contribution is 6.00. The van der Waals surface area contributed by atoms with Crippen LogP contribution in [0.25, 0.3) is 21.9 Å². The summed E-state index contributed by atoms with van der Waals surface area (Å²) in [4.78, 5) is 26.3. The summed E-state index contributed by atoms with van der Waals surface area (Å²) in [7, 11) is 0. The van der Waals surface area contributed by atoms with Crippen molar-refractivity contribution in [2.24, 2.45) is 11.5 Å². The van der Waals surface area contributed by atoms with E-state index in [0.717, 1.165) is 42.9 Å². The van der Waals surface area contributed by atoms with Crippen LogP contribution in [0.4, 0.5) is 10.5 Å². The number of carboxylic acids is 1. The van der Waals surface area contributed by atoms with Gasteiger partial charge in [0.05, 0.1) is 5.56 Å². The second-order valence-corrected chi connectivity index (χ2v) is 9.77. The summed E-state index contributed by atoms with van der Waals surface area (Å²) >= 11 is 0. The van der Waals surface area contributed by atoms with Crippen LogP contribution in [0.15, 0.2) is 78.9 Å². The summed E-state index contributed by atoms with van der Waals surface area (Å²) < 4.78 is 6.33. The number of hydrogen-bond acceptors (Lipinski definition) is 4. The fraction of sp³-hybridized carbons (Fsp3) is 0.194. The standard InChI is InChI=1S/C31H30N4O4/c32-29(33)21-11-10-20-17-24(14-12-19(20)16-21)39-28-15-13-23(35(31(34)38)22-6-2-1-3-7-22)18-27(28)25-8-4-5-9-26(25)30(36)37/h4-5,8-18,22H,1-3,6-7H2,(H3,32,33)(H2,34,38)(H,36,37). The number of carbonyl (C=O) groups is 2. The number of nitrogens with zero attached hydrogens (tertiary/aromatic N) is 1. The Balaban J connectivity index is 1.60. The van der Waals surface area contributed by atoms with E-state index in [4.69, 9.17) is 21.6 Å². The number of carboxylic acid groups (broad SMARTS) is 1. The molecule has 4 aromatic carbocycles. The number of ether oxygens (including phenoxy) is 1. The molecule has 0 radical (unpaired) electrons. The van der Waals surface area contributed by atoms with Gasteiger partial charge in [-0.25, -0.2) is 9.59 Å². The molecule has 198 valence electrons. The Morgan fingerprint density at radius 3 is 2.28 bits per heavy atom. The molecule has 5 rings (SSSR count). The lowest BCUT2D eigenvalue weighted by Crippen LogP contribution is -2.44. The summed E-state index contributed by atoms with van der Waals surface area (Å²) in [5.74, 6) is -0.0654. The van der Waals surface area contributed by atoms with E-state index in [1.54, 1.807) is 53.4 Å². The maximum Gasteiger partial charge on any atom is 0.336 e. The molecule has 0 saturated heterocycles. The molecular weight excluding hydrogens is 492 g/mol. The Morgan fingerprint density at radius 2 is 1.56 bits per heavy atom. The maximum atomic E-state index is 12.6. The lowest BCUT2D eigenvalue weighted by Gasteiger charge is -2.33. The Labute approximate surface area is 226 Å². The highest BCUT2D eigenvalue weighted by Crippen LogP contribution is 2.40. The van der Waals surface area contributed by atoms with Crippen LogP contribution in [0, 0.1) is 5.41 Å². The van der Waals surface area contributed by atoms with Crippen LogP contribution < -0.4 is 21.1 Å². The predicted octanol–water partition coefficient (Wildman–Crippen LogP) is 6.50. The molecular formula is C31H30N4O4. The molecule has 1 saturated carbocycles. The number of nitrogen functional groups attached to an aromatic ring is 1. The first-order valence-corrected chi connectivity index (χ1v) is 12.9. The molecule has 0 atom stereocenters. The Bertz CT molecular complexity index is 1580. The maximum absolute atomic E-state index is 12.6. The second kappa shape index (κ2) is 10.9. The van der Waals surface area contributed by atoms with Crippen LogP contribution >= 0.6 is 0 Å². The van der Waals surface area contributed by atoms with Gasteiger partial charge in [0, 0.05) is 22.9 Å². The van der Waals surface area contributed by atoms with E-state index < -0.39 is 12.0 Å². The number of nitrogens with two attached hydrogens (primary N) is 2. The average Bonchev–Trinajstić information content (AvgIpc) is 2.94. The third-order valence-corrected chi connectivity index (χ3v) is 7.22. The largest absolute Gasteiger partial charge is 0.478 e. The number of hydrogen-bond donors (Lipinski definition) is 4. The molecule has 2 amide bonds. The zero-order valence-corrected chi connectivity index (χ0v) is 21.4. The van der Waals surface area contributed by atoms with Crippen LogP contribution in [0.5, 0.6) is 11.5 Å². The number of nitrogens with one attached hydrogen (secondary N) is 1. The van der Waals surface area contributed by atoms with Crippen molar-refractivity contribution < 1.29 is 19.4 Å². The lowest BCUT2D eigenvalue weighted by molar-refractivity contribution is 0.0697. The molecule has 0 aromatic heterocycles. The van der Waals surface area contributed by atoms with Gasteiger partial charge < -0.3 is 21.3 Å². The second-order valence-electron chi connectivity index (χ2n) is 9.77. The molecule has 4 aromatic rings. The van der Waals surface area contributed by atoms with Crippen molar-refractivity contribution in [3.63, 3.8) is 0 Å². The van der Waals surface area contributed by atoms with Crippen molar-refractivity contribution >= 4 is 34.3 Å². The molecule has 0 aliphatic heterocycles. The molecule has 8 nitrogen and oxygen atoms in total. The summed E-state index contributed by atoms with van der Waals surface area (Å²) in [5, 5.41) is 19.4. The molecule has 39 heavy (non-hydrogen) atoms. The van der Waals surface area contributed by atoms with E-state index in [1.807, 2.05) is 30.3 Å². The van der Waals surface area contributed by atoms with E-state index in [2.05, 4.69) is 0 Å². The zero-order valence-electron chi connectivity index (χ0n) is 21.4. The number of amidine groups is 1. The number of fused-ring (bicyclic) bond motifs is 1. The monoisotopic (exact) mass is 522 g/mol. The predicted molar refractivity (Wildman–Crippen MR) is 153 cm³/mol. The van der Waals surface area contributed by atoms with Gasteiger partial charge in [-0.2, -0.15) is 0 Å². The Hall–Kier alpha value is -4.85. The van der Waals surface area contributed by atoms with Gasteiger partial charge in [-0.05, 0) is 71.6 Å². The van der Waals surface area contributed by atoms with Gasteiger partial charge in [-0.15, -0.1) is 0 Å². The minimum Gasteiger partial charge on any atom is -0.478 e. The van der Waals surface area contributed by atoms with Crippen molar-refractivity contribution in [2.75, 3.05) is 4.90 Å². The SMILES string of the molecule is N=C(N)c1ccc2cc(Oc3ccc(N(C(N)=O)C4CCCCC4)cc3-c3ccccc3C(=O)O)ccc2c1. The van der Waals surface area contributed by atoms with Gasteiger partial charge in [0.15, 0.2) is 0 Å². The molecule has 1 fully saturated rings. The molecule has 0 unspecified atom stereocenters. The van der Waals surface area contributed by atoms with E-state index >= 15 is 0 Å². The van der Waals surface area contributed by atoms with Crippen molar-refractivity contribution in [3.8, 4) is 22.6 Å². The highest BCUT2D eigenvalue weighted by atomic mass is 16.5. The highest BCUT2D eigenvalue weighted by Gasteiger charge is 2.27. The number of aromatic carboxylic acids is 1. The first kappa shape index (κ1) is 25.8. The molecule has 0 bridgehead atoms. The molecule has 0 spiro atoms. The number of primary amides is 1. The summed E-state index contributed by atoms with van der Waals surface area (Å²) in [6.45, 7) is 0.